The molecule has 54 valence electrons. The molecule has 3 nitrogen and oxygen atoms in total. The standard InChI is InChI=1S/C7H9NO2/c8-7(10)5-2-1-3-6(9)4-5/h4H,1-3H2,(H2,8,10). The summed E-state index contributed by atoms with van der Waals surface area (Å²) in [7, 11) is 0. The lowest BCUT2D eigenvalue weighted by Crippen LogP contribution is -2.17. The molecule has 0 aromatic rings. The maximum Gasteiger partial charge on any atom is 0.244 e. The quantitative estimate of drug-likeness (QED) is 0.562. The van der Waals surface area contributed by atoms with E-state index in [0.29, 0.717) is 18.4 Å². The molecule has 0 saturated heterocycles. The van der Waals surface area contributed by atoms with Crippen molar-refractivity contribution in [3.8, 4) is 0 Å². The summed E-state index contributed by atoms with van der Waals surface area (Å²) in [6.07, 6.45) is 3.32. The number of amides is 1. The molecule has 1 amide bonds. The minimum absolute atomic E-state index is 0.0139. The number of carbonyl (C=O) groups excluding carboxylic acids is 2. The molecule has 0 unspecified atom stereocenters. The molecule has 1 aliphatic carbocycles. The summed E-state index contributed by atoms with van der Waals surface area (Å²) in [5.74, 6) is -0.451. The van der Waals surface area contributed by atoms with Gasteiger partial charge in [-0.2, -0.15) is 0 Å². The number of rotatable bonds is 1. The van der Waals surface area contributed by atoms with Crippen molar-refractivity contribution in [2.24, 2.45) is 5.73 Å². The molecular formula is C7H9NO2. The fourth-order valence-electron chi connectivity index (χ4n) is 0.986. The topological polar surface area (TPSA) is 60.2 Å². The Morgan fingerprint density at radius 1 is 1.50 bits per heavy atom. The normalized spacial score (nSPS) is 18.4. The number of allylic oxidation sites excluding steroid dienone is 1. The van der Waals surface area contributed by atoms with Gasteiger partial charge in [0.25, 0.3) is 0 Å². The second-order valence-electron chi connectivity index (χ2n) is 2.35. The van der Waals surface area contributed by atoms with Gasteiger partial charge in [-0.3, -0.25) is 9.59 Å². The number of hydrogen-bond donors (Lipinski definition) is 1. The van der Waals surface area contributed by atoms with E-state index in [1.54, 1.807) is 0 Å². The van der Waals surface area contributed by atoms with Gasteiger partial charge in [0.15, 0.2) is 5.78 Å². The third-order valence-corrected chi connectivity index (χ3v) is 1.52. The van der Waals surface area contributed by atoms with Crippen LogP contribution in [0.5, 0.6) is 0 Å². The first-order chi connectivity index (χ1) is 4.70. The lowest BCUT2D eigenvalue weighted by molar-refractivity contribution is -0.117. The molecule has 0 bridgehead atoms. The van der Waals surface area contributed by atoms with E-state index in [0.717, 1.165) is 6.42 Å². The van der Waals surface area contributed by atoms with Gasteiger partial charge in [-0.1, -0.05) is 0 Å². The molecule has 2 N–H and O–H groups in total. The van der Waals surface area contributed by atoms with E-state index in [1.165, 1.54) is 6.08 Å². The molecule has 0 atom stereocenters. The SMILES string of the molecule is NC(=O)C1=CC(=O)CCC1. The molecule has 0 fully saturated rings. The van der Waals surface area contributed by atoms with Crippen LogP contribution in [0.15, 0.2) is 11.6 Å². The average molecular weight is 139 g/mol. The Morgan fingerprint density at radius 3 is 2.60 bits per heavy atom. The van der Waals surface area contributed by atoms with Crippen molar-refractivity contribution in [1.82, 2.24) is 0 Å². The van der Waals surface area contributed by atoms with Crippen LogP contribution in [0.3, 0.4) is 0 Å². The first-order valence-electron chi connectivity index (χ1n) is 3.23. The Labute approximate surface area is 58.9 Å². The third-order valence-electron chi connectivity index (χ3n) is 1.52. The van der Waals surface area contributed by atoms with Gasteiger partial charge in [0.2, 0.25) is 5.91 Å². The molecule has 0 heterocycles. The zero-order chi connectivity index (χ0) is 7.56. The third kappa shape index (κ3) is 1.43. The smallest absolute Gasteiger partial charge is 0.244 e. The Kier molecular flexibility index (Phi) is 1.85. The molecule has 0 spiro atoms. The summed E-state index contributed by atoms with van der Waals surface area (Å²) in [4.78, 5) is 21.2. The lowest BCUT2D eigenvalue weighted by Gasteiger charge is -2.06. The van der Waals surface area contributed by atoms with Crippen LogP contribution >= 0.6 is 0 Å². The summed E-state index contributed by atoms with van der Waals surface area (Å²) < 4.78 is 0. The molecule has 0 saturated carbocycles. The number of primary amides is 1. The summed E-state index contributed by atoms with van der Waals surface area (Å²) in [6, 6.07) is 0. The van der Waals surface area contributed by atoms with E-state index in [2.05, 4.69) is 0 Å². The maximum absolute atomic E-state index is 10.7. The molecule has 0 aliphatic heterocycles. The van der Waals surface area contributed by atoms with E-state index < -0.39 is 5.91 Å². The fourth-order valence-corrected chi connectivity index (χ4v) is 0.986. The molecule has 1 rings (SSSR count). The van der Waals surface area contributed by atoms with Crippen LogP contribution in [0, 0.1) is 0 Å². The number of ketones is 1. The molecule has 0 aromatic heterocycles. The van der Waals surface area contributed by atoms with Crippen molar-refractivity contribution in [1.29, 1.82) is 0 Å². The minimum Gasteiger partial charge on any atom is -0.366 e. The van der Waals surface area contributed by atoms with E-state index in [-0.39, 0.29) is 5.78 Å². The van der Waals surface area contributed by atoms with E-state index in [4.69, 9.17) is 5.73 Å². The van der Waals surface area contributed by atoms with Crippen LogP contribution in [-0.4, -0.2) is 11.7 Å². The Hall–Kier alpha value is -1.12. The van der Waals surface area contributed by atoms with Gasteiger partial charge in [0.1, 0.15) is 0 Å². The predicted molar refractivity (Wildman–Crippen MR) is 36.1 cm³/mol. The first kappa shape index (κ1) is 6.99. The van der Waals surface area contributed by atoms with Crippen molar-refractivity contribution in [3.05, 3.63) is 11.6 Å². The van der Waals surface area contributed by atoms with Gasteiger partial charge < -0.3 is 5.73 Å². The number of nitrogens with two attached hydrogens (primary N) is 1. The molecule has 0 radical (unpaired) electrons. The Morgan fingerprint density at radius 2 is 2.20 bits per heavy atom. The van der Waals surface area contributed by atoms with Crippen LogP contribution in [0.25, 0.3) is 0 Å². The zero-order valence-electron chi connectivity index (χ0n) is 5.59. The second-order valence-corrected chi connectivity index (χ2v) is 2.35. The van der Waals surface area contributed by atoms with Gasteiger partial charge in [-0.15, -0.1) is 0 Å². The van der Waals surface area contributed by atoms with Gasteiger partial charge in [0.05, 0.1) is 0 Å². The Balaban J connectivity index is 2.75. The summed E-state index contributed by atoms with van der Waals surface area (Å²) >= 11 is 0. The van der Waals surface area contributed by atoms with Crippen molar-refractivity contribution in [3.63, 3.8) is 0 Å². The van der Waals surface area contributed by atoms with Gasteiger partial charge in [-0.25, -0.2) is 0 Å². The van der Waals surface area contributed by atoms with Crippen molar-refractivity contribution < 1.29 is 9.59 Å². The summed E-state index contributed by atoms with van der Waals surface area (Å²) in [5.41, 5.74) is 5.44. The fraction of sp³-hybridized carbons (Fsp3) is 0.429. The summed E-state index contributed by atoms with van der Waals surface area (Å²) in [6.45, 7) is 0. The van der Waals surface area contributed by atoms with Crippen molar-refractivity contribution >= 4 is 11.7 Å². The van der Waals surface area contributed by atoms with Crippen molar-refractivity contribution in [2.75, 3.05) is 0 Å². The highest BCUT2D eigenvalue weighted by molar-refractivity contribution is 6.02. The number of carbonyl (C=O) groups is 2. The average Bonchev–Trinajstić information content (AvgIpc) is 1.88. The molecule has 10 heavy (non-hydrogen) atoms. The van der Waals surface area contributed by atoms with Crippen LogP contribution in [0.2, 0.25) is 0 Å². The zero-order valence-corrected chi connectivity index (χ0v) is 5.59. The predicted octanol–water partition coefficient (Wildman–Crippen LogP) is 0.151. The minimum atomic E-state index is -0.465. The molecular weight excluding hydrogens is 130 g/mol. The van der Waals surface area contributed by atoms with Gasteiger partial charge in [0, 0.05) is 12.0 Å². The highest BCUT2D eigenvalue weighted by Crippen LogP contribution is 2.13. The van der Waals surface area contributed by atoms with Gasteiger partial charge >= 0.3 is 0 Å². The lowest BCUT2D eigenvalue weighted by atomic mass is 9.98. The van der Waals surface area contributed by atoms with Crippen LogP contribution in [0.4, 0.5) is 0 Å². The molecule has 3 heteroatoms. The first-order valence-corrected chi connectivity index (χ1v) is 3.23. The van der Waals surface area contributed by atoms with E-state index >= 15 is 0 Å². The van der Waals surface area contributed by atoms with Crippen LogP contribution in [-0.2, 0) is 9.59 Å². The Bertz CT molecular complexity index is 206. The molecule has 1 aliphatic rings. The van der Waals surface area contributed by atoms with Crippen LogP contribution < -0.4 is 5.73 Å². The number of hydrogen-bond acceptors (Lipinski definition) is 2. The van der Waals surface area contributed by atoms with E-state index in [9.17, 15) is 9.59 Å². The second kappa shape index (κ2) is 2.64. The summed E-state index contributed by atoms with van der Waals surface area (Å²) in [5, 5.41) is 0. The maximum atomic E-state index is 10.7. The highest BCUT2D eigenvalue weighted by atomic mass is 16.1. The van der Waals surface area contributed by atoms with Crippen molar-refractivity contribution in [2.45, 2.75) is 19.3 Å². The largest absolute Gasteiger partial charge is 0.366 e. The monoisotopic (exact) mass is 139 g/mol. The van der Waals surface area contributed by atoms with Crippen LogP contribution in [0.1, 0.15) is 19.3 Å². The highest BCUT2D eigenvalue weighted by Gasteiger charge is 2.12. The van der Waals surface area contributed by atoms with E-state index in [1.807, 2.05) is 0 Å². The molecule has 0 aromatic carbocycles. The van der Waals surface area contributed by atoms with Gasteiger partial charge in [-0.05, 0) is 18.9 Å².